The number of carbonyl (C=O) groups is 4. The van der Waals surface area contributed by atoms with E-state index in [1.165, 1.54) is 5.56 Å². The maximum atomic E-state index is 12.6. The number of anilines is 1. The summed E-state index contributed by atoms with van der Waals surface area (Å²) in [6.45, 7) is 4.70. The monoisotopic (exact) mass is 441 g/mol. The van der Waals surface area contributed by atoms with E-state index >= 15 is 0 Å². The molecule has 3 fully saturated rings. The number of piperidine rings is 2. The van der Waals surface area contributed by atoms with Gasteiger partial charge in [0, 0.05) is 38.3 Å². The topological polar surface area (TPSA) is 102 Å². The van der Waals surface area contributed by atoms with Crippen molar-refractivity contribution in [3.63, 3.8) is 0 Å². The Hall–Kier alpha value is -2.94. The van der Waals surface area contributed by atoms with E-state index in [-0.39, 0.29) is 23.8 Å². The molecule has 3 aliphatic rings. The first-order valence-electron chi connectivity index (χ1n) is 11.4. The molecule has 1 aromatic carbocycles. The number of hydrogen-bond acceptors (Lipinski definition) is 6. The SMILES string of the molecule is O=CN1CCN(C(=O)CN2CCC(c3ccc(NC4CCC(=O)NC4=O)cc3)CC2)CC1. The zero-order valence-corrected chi connectivity index (χ0v) is 18.3. The van der Waals surface area contributed by atoms with E-state index in [1.807, 2.05) is 17.0 Å². The van der Waals surface area contributed by atoms with Crippen molar-refractivity contribution in [3.8, 4) is 0 Å². The maximum Gasteiger partial charge on any atom is 0.249 e. The number of hydrogen-bond donors (Lipinski definition) is 2. The van der Waals surface area contributed by atoms with Crippen LogP contribution < -0.4 is 10.6 Å². The quantitative estimate of drug-likeness (QED) is 0.489. The second kappa shape index (κ2) is 10.1. The molecule has 0 spiro atoms. The molecule has 2 N–H and O–H groups in total. The average Bonchev–Trinajstić information content (AvgIpc) is 2.82. The Morgan fingerprint density at radius 1 is 1.00 bits per heavy atom. The van der Waals surface area contributed by atoms with Crippen molar-refractivity contribution in [3.05, 3.63) is 29.8 Å². The summed E-state index contributed by atoms with van der Waals surface area (Å²) in [4.78, 5) is 52.4. The summed E-state index contributed by atoms with van der Waals surface area (Å²) in [6, 6.07) is 7.82. The predicted molar refractivity (Wildman–Crippen MR) is 119 cm³/mol. The van der Waals surface area contributed by atoms with Gasteiger partial charge in [0.2, 0.25) is 24.1 Å². The molecule has 0 saturated carbocycles. The molecule has 172 valence electrons. The fourth-order valence-corrected chi connectivity index (χ4v) is 4.68. The fraction of sp³-hybridized carbons (Fsp3) is 0.565. The lowest BCUT2D eigenvalue weighted by molar-refractivity contribution is -0.136. The van der Waals surface area contributed by atoms with Crippen LogP contribution >= 0.6 is 0 Å². The van der Waals surface area contributed by atoms with Crippen LogP contribution in [0.4, 0.5) is 5.69 Å². The molecule has 4 amide bonds. The smallest absolute Gasteiger partial charge is 0.249 e. The number of imide groups is 1. The first kappa shape index (κ1) is 22.3. The molecule has 3 saturated heterocycles. The number of amides is 4. The average molecular weight is 442 g/mol. The van der Waals surface area contributed by atoms with Gasteiger partial charge in [-0.1, -0.05) is 12.1 Å². The van der Waals surface area contributed by atoms with Gasteiger partial charge in [-0.05, 0) is 56.0 Å². The highest BCUT2D eigenvalue weighted by Gasteiger charge is 2.27. The molecular formula is C23H31N5O4. The van der Waals surface area contributed by atoms with Crippen molar-refractivity contribution < 1.29 is 19.2 Å². The van der Waals surface area contributed by atoms with E-state index in [2.05, 4.69) is 27.7 Å². The molecule has 0 bridgehead atoms. The molecule has 0 aromatic heterocycles. The van der Waals surface area contributed by atoms with Crippen molar-refractivity contribution in [1.82, 2.24) is 20.0 Å². The van der Waals surface area contributed by atoms with Crippen molar-refractivity contribution in [2.75, 3.05) is 51.1 Å². The molecule has 1 atom stereocenters. The number of benzene rings is 1. The predicted octanol–water partition coefficient (Wildman–Crippen LogP) is 0.384. The van der Waals surface area contributed by atoms with Crippen molar-refractivity contribution >= 4 is 29.8 Å². The molecule has 1 aromatic rings. The van der Waals surface area contributed by atoms with Crippen molar-refractivity contribution in [2.45, 2.75) is 37.6 Å². The van der Waals surface area contributed by atoms with Gasteiger partial charge in [-0.2, -0.15) is 0 Å². The van der Waals surface area contributed by atoms with Gasteiger partial charge in [0.15, 0.2) is 0 Å². The highest BCUT2D eigenvalue weighted by molar-refractivity contribution is 6.01. The molecule has 4 rings (SSSR count). The normalized spacial score (nSPS) is 23.1. The van der Waals surface area contributed by atoms with Gasteiger partial charge < -0.3 is 15.1 Å². The fourth-order valence-electron chi connectivity index (χ4n) is 4.68. The minimum atomic E-state index is -0.374. The van der Waals surface area contributed by atoms with Gasteiger partial charge in [-0.3, -0.25) is 29.4 Å². The van der Waals surface area contributed by atoms with E-state index in [9.17, 15) is 19.2 Å². The molecule has 9 heteroatoms. The van der Waals surface area contributed by atoms with Gasteiger partial charge in [0.1, 0.15) is 6.04 Å². The Bertz CT molecular complexity index is 842. The molecule has 3 aliphatic heterocycles. The third-order valence-corrected chi connectivity index (χ3v) is 6.72. The van der Waals surface area contributed by atoms with E-state index in [0.29, 0.717) is 51.5 Å². The van der Waals surface area contributed by atoms with Gasteiger partial charge in [-0.15, -0.1) is 0 Å². The van der Waals surface area contributed by atoms with Crippen LogP contribution in [0.25, 0.3) is 0 Å². The van der Waals surface area contributed by atoms with Gasteiger partial charge in [-0.25, -0.2) is 0 Å². The number of nitrogens with one attached hydrogen (secondary N) is 2. The van der Waals surface area contributed by atoms with Crippen LogP contribution in [0.1, 0.15) is 37.2 Å². The van der Waals surface area contributed by atoms with Crippen LogP contribution in [-0.2, 0) is 19.2 Å². The Labute approximate surface area is 188 Å². The molecule has 9 nitrogen and oxygen atoms in total. The summed E-state index contributed by atoms with van der Waals surface area (Å²) >= 11 is 0. The molecule has 1 unspecified atom stereocenters. The summed E-state index contributed by atoms with van der Waals surface area (Å²) in [5.74, 6) is 0.134. The Morgan fingerprint density at radius 3 is 2.31 bits per heavy atom. The second-order valence-corrected chi connectivity index (χ2v) is 8.84. The first-order chi connectivity index (χ1) is 15.5. The number of nitrogens with zero attached hydrogens (tertiary/aromatic N) is 3. The Balaban J connectivity index is 1.22. The maximum absolute atomic E-state index is 12.6. The third-order valence-electron chi connectivity index (χ3n) is 6.72. The highest BCUT2D eigenvalue weighted by atomic mass is 16.2. The third kappa shape index (κ3) is 5.45. The van der Waals surface area contributed by atoms with E-state index in [1.54, 1.807) is 4.90 Å². The van der Waals surface area contributed by atoms with Crippen LogP contribution in [0.5, 0.6) is 0 Å². The molecular weight excluding hydrogens is 410 g/mol. The van der Waals surface area contributed by atoms with Gasteiger partial charge >= 0.3 is 0 Å². The summed E-state index contributed by atoms with van der Waals surface area (Å²) in [5, 5.41) is 5.58. The summed E-state index contributed by atoms with van der Waals surface area (Å²) < 4.78 is 0. The van der Waals surface area contributed by atoms with Gasteiger partial charge in [0.25, 0.3) is 0 Å². The number of likely N-dealkylation sites (tertiary alicyclic amines) is 1. The minimum absolute atomic E-state index is 0.151. The lowest BCUT2D eigenvalue weighted by Crippen LogP contribution is -2.51. The zero-order chi connectivity index (χ0) is 22.5. The lowest BCUT2D eigenvalue weighted by atomic mass is 9.89. The van der Waals surface area contributed by atoms with Crippen LogP contribution in [-0.4, -0.2) is 90.7 Å². The first-order valence-corrected chi connectivity index (χ1v) is 11.4. The summed E-state index contributed by atoms with van der Waals surface area (Å²) in [7, 11) is 0. The van der Waals surface area contributed by atoms with Crippen LogP contribution in [0.3, 0.4) is 0 Å². The molecule has 0 aliphatic carbocycles. The van der Waals surface area contributed by atoms with Crippen LogP contribution in [0.15, 0.2) is 24.3 Å². The van der Waals surface area contributed by atoms with E-state index in [4.69, 9.17) is 0 Å². The Morgan fingerprint density at radius 2 is 1.69 bits per heavy atom. The number of piperazine rings is 1. The van der Waals surface area contributed by atoms with Crippen molar-refractivity contribution in [2.24, 2.45) is 0 Å². The van der Waals surface area contributed by atoms with Crippen molar-refractivity contribution in [1.29, 1.82) is 0 Å². The second-order valence-electron chi connectivity index (χ2n) is 8.84. The zero-order valence-electron chi connectivity index (χ0n) is 18.3. The Kier molecular flexibility index (Phi) is 7.04. The summed E-state index contributed by atoms with van der Waals surface area (Å²) in [5.41, 5.74) is 2.15. The van der Waals surface area contributed by atoms with Crippen LogP contribution in [0, 0.1) is 0 Å². The number of carbonyl (C=O) groups excluding carboxylic acids is 4. The lowest BCUT2D eigenvalue weighted by Gasteiger charge is -2.36. The van der Waals surface area contributed by atoms with Crippen LogP contribution in [0.2, 0.25) is 0 Å². The molecule has 0 radical (unpaired) electrons. The van der Waals surface area contributed by atoms with Gasteiger partial charge in [0.05, 0.1) is 6.54 Å². The van der Waals surface area contributed by atoms with E-state index < -0.39 is 0 Å². The molecule has 3 heterocycles. The summed E-state index contributed by atoms with van der Waals surface area (Å²) in [6.07, 6.45) is 3.73. The largest absolute Gasteiger partial charge is 0.374 e. The minimum Gasteiger partial charge on any atom is -0.374 e. The molecule has 32 heavy (non-hydrogen) atoms. The highest BCUT2D eigenvalue weighted by Crippen LogP contribution is 2.29. The number of rotatable bonds is 6. The standard InChI is InChI=1S/C23H31N5O4/c29-16-27-11-13-28(14-12-27)22(31)15-26-9-7-18(8-10-26)17-1-3-19(4-2-17)24-20-5-6-21(30)25-23(20)32/h1-4,16,18,20,24H,5-15H2,(H,25,30,32). The van der Waals surface area contributed by atoms with E-state index in [0.717, 1.165) is 38.0 Å².